The van der Waals surface area contributed by atoms with Crippen LogP contribution in [0.4, 0.5) is 5.82 Å². The zero-order valence-corrected chi connectivity index (χ0v) is 17.1. The van der Waals surface area contributed by atoms with Gasteiger partial charge in [-0.15, -0.1) is 0 Å². The molecule has 3 N–H and O–H groups in total. The summed E-state index contributed by atoms with van der Waals surface area (Å²) in [5, 5.41) is 11.7. The van der Waals surface area contributed by atoms with Crippen molar-refractivity contribution in [1.29, 1.82) is 0 Å². The van der Waals surface area contributed by atoms with Crippen molar-refractivity contribution in [3.05, 3.63) is 45.6 Å². The van der Waals surface area contributed by atoms with Crippen LogP contribution in [0.15, 0.2) is 28.8 Å². The smallest absolute Gasteiger partial charge is 0.253 e. The fraction of sp³-hybridized carbons (Fsp3) is 0.333. The monoisotopic (exact) mass is 426 g/mol. The molecule has 2 rings (SSSR count). The van der Waals surface area contributed by atoms with Crippen LogP contribution in [0.3, 0.4) is 0 Å². The van der Waals surface area contributed by atoms with Crippen molar-refractivity contribution in [2.24, 2.45) is 0 Å². The lowest BCUT2D eigenvalue weighted by Gasteiger charge is -2.12. The fourth-order valence-electron chi connectivity index (χ4n) is 2.05. The Morgan fingerprint density at radius 3 is 2.32 bits per heavy atom. The Kier molecular flexibility index (Phi) is 7.04. The minimum absolute atomic E-state index is 0.173. The van der Waals surface area contributed by atoms with Gasteiger partial charge in [-0.25, -0.2) is 0 Å². The summed E-state index contributed by atoms with van der Waals surface area (Å²) >= 11 is 11.7. The molecule has 0 saturated carbocycles. The highest BCUT2D eigenvalue weighted by Crippen LogP contribution is 2.24. The van der Waals surface area contributed by atoms with Crippen molar-refractivity contribution in [2.45, 2.75) is 26.2 Å². The highest BCUT2D eigenvalue weighted by Gasteiger charge is 2.20. The Bertz CT molecular complexity index is 890. The second-order valence-electron chi connectivity index (χ2n) is 6.96. The van der Waals surface area contributed by atoms with Gasteiger partial charge in [0.25, 0.3) is 5.91 Å². The van der Waals surface area contributed by atoms with Crippen LogP contribution < -0.4 is 16.0 Å². The van der Waals surface area contributed by atoms with Gasteiger partial charge in [0.2, 0.25) is 11.8 Å². The molecule has 0 bridgehead atoms. The van der Waals surface area contributed by atoms with Crippen molar-refractivity contribution in [1.82, 2.24) is 15.8 Å². The summed E-state index contributed by atoms with van der Waals surface area (Å²) in [6.07, 6.45) is 0. The van der Waals surface area contributed by atoms with Gasteiger partial charge in [0, 0.05) is 16.5 Å². The number of carbonyl (C=O) groups is 3. The minimum atomic E-state index is -0.538. The number of aromatic nitrogens is 1. The summed E-state index contributed by atoms with van der Waals surface area (Å²) in [6.45, 7) is 5.25. The lowest BCUT2D eigenvalue weighted by Crippen LogP contribution is -2.40. The summed E-state index contributed by atoms with van der Waals surface area (Å²) in [5.74, 6) is -0.665. The molecule has 150 valence electrons. The third-order valence-corrected chi connectivity index (χ3v) is 4.10. The predicted octanol–water partition coefficient (Wildman–Crippen LogP) is 2.76. The molecule has 0 aliphatic carbocycles. The summed E-state index contributed by atoms with van der Waals surface area (Å²) in [5.41, 5.74) is -0.0488. The zero-order chi connectivity index (χ0) is 20.9. The Morgan fingerprint density at radius 2 is 1.71 bits per heavy atom. The average molecular weight is 427 g/mol. The molecule has 0 aliphatic rings. The van der Waals surface area contributed by atoms with Gasteiger partial charge in [0.15, 0.2) is 5.82 Å². The quantitative estimate of drug-likeness (QED) is 0.656. The zero-order valence-electron chi connectivity index (χ0n) is 15.6. The van der Waals surface area contributed by atoms with E-state index in [0.717, 1.165) is 0 Å². The summed E-state index contributed by atoms with van der Waals surface area (Å²) < 4.78 is 5.16. The maximum Gasteiger partial charge on any atom is 0.253 e. The molecule has 10 heteroatoms. The highest BCUT2D eigenvalue weighted by atomic mass is 35.5. The number of hydrogen-bond donors (Lipinski definition) is 3. The van der Waals surface area contributed by atoms with Crippen molar-refractivity contribution in [3.63, 3.8) is 0 Å². The number of carbonyl (C=O) groups excluding carboxylic acids is 3. The molecule has 2 aromatic rings. The van der Waals surface area contributed by atoms with E-state index in [1.807, 2.05) is 20.8 Å². The molecule has 1 heterocycles. The molecular formula is C18H20Cl2N4O4. The van der Waals surface area contributed by atoms with Gasteiger partial charge in [-0.2, -0.15) is 0 Å². The maximum absolute atomic E-state index is 12.0. The SMILES string of the molecule is CC(C)(C)c1cc(NC(=O)CNC(=O)CNC(=O)c2ccc(Cl)cc2Cl)no1. The first-order chi connectivity index (χ1) is 13.1. The number of rotatable bonds is 6. The van der Waals surface area contributed by atoms with Crippen LogP contribution >= 0.6 is 23.2 Å². The van der Waals surface area contributed by atoms with Crippen LogP contribution in [-0.4, -0.2) is 36.0 Å². The van der Waals surface area contributed by atoms with Crippen molar-refractivity contribution in [3.8, 4) is 0 Å². The van der Waals surface area contributed by atoms with E-state index in [2.05, 4.69) is 21.1 Å². The molecule has 0 saturated heterocycles. The van der Waals surface area contributed by atoms with Crippen molar-refractivity contribution < 1.29 is 18.9 Å². The van der Waals surface area contributed by atoms with E-state index in [1.165, 1.54) is 18.2 Å². The van der Waals surface area contributed by atoms with Crippen LogP contribution in [0, 0.1) is 0 Å². The fourth-order valence-corrected chi connectivity index (χ4v) is 2.54. The summed E-state index contributed by atoms with van der Waals surface area (Å²) in [6, 6.07) is 6.02. The molecule has 0 fully saturated rings. The van der Waals surface area contributed by atoms with Gasteiger partial charge in [0.05, 0.1) is 23.7 Å². The maximum atomic E-state index is 12.0. The van der Waals surface area contributed by atoms with Crippen molar-refractivity contribution >= 4 is 46.7 Å². The topological polar surface area (TPSA) is 113 Å². The van der Waals surface area contributed by atoms with Crippen LogP contribution in [0.2, 0.25) is 10.0 Å². The molecule has 0 spiro atoms. The normalized spacial score (nSPS) is 11.0. The van der Waals surface area contributed by atoms with Crippen LogP contribution in [0.1, 0.15) is 36.9 Å². The first-order valence-corrected chi connectivity index (χ1v) is 9.09. The van der Waals surface area contributed by atoms with Crippen LogP contribution in [0.5, 0.6) is 0 Å². The lowest BCUT2D eigenvalue weighted by atomic mass is 9.93. The van der Waals surface area contributed by atoms with E-state index in [4.69, 9.17) is 27.7 Å². The van der Waals surface area contributed by atoms with E-state index in [0.29, 0.717) is 10.8 Å². The van der Waals surface area contributed by atoms with Gasteiger partial charge in [-0.1, -0.05) is 49.1 Å². The molecule has 0 atom stereocenters. The number of nitrogens with zero attached hydrogens (tertiary/aromatic N) is 1. The molecule has 0 radical (unpaired) electrons. The Hall–Kier alpha value is -2.58. The van der Waals surface area contributed by atoms with E-state index in [-0.39, 0.29) is 34.9 Å². The summed E-state index contributed by atoms with van der Waals surface area (Å²) in [7, 11) is 0. The van der Waals surface area contributed by atoms with E-state index in [1.54, 1.807) is 6.07 Å². The largest absolute Gasteiger partial charge is 0.359 e. The van der Waals surface area contributed by atoms with E-state index >= 15 is 0 Å². The number of hydrogen-bond acceptors (Lipinski definition) is 5. The number of anilines is 1. The number of amides is 3. The molecule has 0 aliphatic heterocycles. The number of nitrogens with one attached hydrogen (secondary N) is 3. The van der Waals surface area contributed by atoms with Gasteiger partial charge in [-0.05, 0) is 18.2 Å². The molecule has 28 heavy (non-hydrogen) atoms. The highest BCUT2D eigenvalue weighted by molar-refractivity contribution is 6.36. The third kappa shape index (κ3) is 6.24. The van der Waals surface area contributed by atoms with E-state index < -0.39 is 17.7 Å². The van der Waals surface area contributed by atoms with Gasteiger partial charge < -0.3 is 20.5 Å². The first-order valence-electron chi connectivity index (χ1n) is 8.33. The molecular weight excluding hydrogens is 407 g/mol. The van der Waals surface area contributed by atoms with Crippen LogP contribution in [0.25, 0.3) is 0 Å². The third-order valence-electron chi connectivity index (χ3n) is 3.55. The second-order valence-corrected chi connectivity index (χ2v) is 7.80. The molecule has 0 unspecified atom stereocenters. The Morgan fingerprint density at radius 1 is 1.04 bits per heavy atom. The average Bonchev–Trinajstić information content (AvgIpc) is 3.06. The van der Waals surface area contributed by atoms with Crippen LogP contribution in [-0.2, 0) is 15.0 Å². The molecule has 1 aromatic heterocycles. The van der Waals surface area contributed by atoms with Gasteiger partial charge in [0.1, 0.15) is 5.76 Å². The van der Waals surface area contributed by atoms with Crippen molar-refractivity contribution in [2.75, 3.05) is 18.4 Å². The second kappa shape index (κ2) is 9.07. The molecule has 1 aromatic carbocycles. The Balaban J connectivity index is 1.76. The van der Waals surface area contributed by atoms with Gasteiger partial charge >= 0.3 is 0 Å². The lowest BCUT2D eigenvalue weighted by molar-refractivity contribution is -0.123. The van der Waals surface area contributed by atoms with E-state index in [9.17, 15) is 14.4 Å². The van der Waals surface area contributed by atoms with Gasteiger partial charge in [-0.3, -0.25) is 14.4 Å². The number of benzene rings is 1. The first kappa shape index (κ1) is 21.7. The molecule has 8 nitrogen and oxygen atoms in total. The standard InChI is InChI=1S/C18H20Cl2N4O4/c1-18(2,3)13-7-14(24-28-13)23-16(26)9-21-15(25)8-22-17(27)11-5-4-10(19)6-12(11)20/h4-7H,8-9H2,1-3H3,(H,21,25)(H,22,27)(H,23,24,26). The summed E-state index contributed by atoms with van der Waals surface area (Å²) in [4.78, 5) is 35.7. The minimum Gasteiger partial charge on any atom is -0.359 e. The molecule has 3 amide bonds. The number of halogens is 2. The Labute approximate surface area is 171 Å². The predicted molar refractivity (Wildman–Crippen MR) is 106 cm³/mol.